The molecule has 180 valence electrons. The quantitative estimate of drug-likeness (QED) is 0.198. The predicted molar refractivity (Wildman–Crippen MR) is 125 cm³/mol. The Kier molecular flexibility index (Phi) is 10.2. The van der Waals surface area contributed by atoms with Gasteiger partial charge in [-0.05, 0) is 49.2 Å². The van der Waals surface area contributed by atoms with Gasteiger partial charge in [-0.2, -0.15) is 0 Å². The minimum Gasteiger partial charge on any atom is -0.494 e. The highest BCUT2D eigenvalue weighted by Crippen LogP contribution is 2.29. The molecule has 0 N–H and O–H groups in total. The third-order valence-electron chi connectivity index (χ3n) is 5.72. The standard InChI is InChI=1S/C27H35FO5/c1-3-5-7-8-9-20-18-31-27(32-19-20)24-15-10-21(17-25(24)28)26(29)33-23-13-11-22(12-14-23)30-16-6-4-2/h10-15,17,20,27H,3-9,16,18-19H2,1-2H3. The second-order valence-electron chi connectivity index (χ2n) is 8.51. The second-order valence-corrected chi connectivity index (χ2v) is 8.51. The van der Waals surface area contributed by atoms with Crippen LogP contribution in [0.2, 0.25) is 0 Å². The van der Waals surface area contributed by atoms with E-state index in [0.29, 0.717) is 42.8 Å². The van der Waals surface area contributed by atoms with Gasteiger partial charge in [0.15, 0.2) is 6.29 Å². The van der Waals surface area contributed by atoms with Crippen LogP contribution in [0.15, 0.2) is 42.5 Å². The lowest BCUT2D eigenvalue weighted by molar-refractivity contribution is -0.207. The Labute approximate surface area is 196 Å². The van der Waals surface area contributed by atoms with Crippen LogP contribution >= 0.6 is 0 Å². The van der Waals surface area contributed by atoms with Crippen LogP contribution in [0, 0.1) is 11.7 Å². The molecule has 0 aliphatic carbocycles. The van der Waals surface area contributed by atoms with Gasteiger partial charge in [-0.15, -0.1) is 0 Å². The number of carbonyl (C=O) groups excluding carboxylic acids is 1. The van der Waals surface area contributed by atoms with E-state index in [4.69, 9.17) is 18.9 Å². The molecule has 33 heavy (non-hydrogen) atoms. The molecule has 1 heterocycles. The fourth-order valence-corrected chi connectivity index (χ4v) is 3.70. The Morgan fingerprint density at radius 1 is 0.939 bits per heavy atom. The van der Waals surface area contributed by atoms with Crippen LogP contribution in [-0.2, 0) is 9.47 Å². The number of esters is 1. The highest BCUT2D eigenvalue weighted by Gasteiger charge is 2.26. The molecular weight excluding hydrogens is 423 g/mol. The summed E-state index contributed by atoms with van der Waals surface area (Å²) < 4.78 is 37.2. The number of rotatable bonds is 12. The van der Waals surface area contributed by atoms with Crippen molar-refractivity contribution in [2.75, 3.05) is 19.8 Å². The molecule has 1 aliphatic rings. The first-order valence-electron chi connectivity index (χ1n) is 12.1. The maximum absolute atomic E-state index is 14.7. The molecule has 0 aromatic heterocycles. The number of hydrogen-bond acceptors (Lipinski definition) is 5. The first kappa shape index (κ1) is 25.2. The van der Waals surface area contributed by atoms with E-state index in [1.165, 1.54) is 37.5 Å². The number of unbranched alkanes of at least 4 members (excludes halogenated alkanes) is 4. The molecule has 5 nitrogen and oxygen atoms in total. The fraction of sp³-hybridized carbons (Fsp3) is 0.519. The van der Waals surface area contributed by atoms with E-state index in [1.54, 1.807) is 24.3 Å². The van der Waals surface area contributed by atoms with Crippen LogP contribution in [0.25, 0.3) is 0 Å². The van der Waals surface area contributed by atoms with Crippen molar-refractivity contribution in [3.05, 3.63) is 59.4 Å². The number of ether oxygens (including phenoxy) is 4. The van der Waals surface area contributed by atoms with Gasteiger partial charge in [0.2, 0.25) is 0 Å². The van der Waals surface area contributed by atoms with Crippen LogP contribution in [0.1, 0.15) is 81.0 Å². The molecule has 0 saturated carbocycles. The van der Waals surface area contributed by atoms with Crippen molar-refractivity contribution in [1.82, 2.24) is 0 Å². The minimum atomic E-state index is -0.748. The Bertz CT molecular complexity index is 859. The monoisotopic (exact) mass is 458 g/mol. The van der Waals surface area contributed by atoms with Crippen LogP contribution in [0.3, 0.4) is 0 Å². The van der Waals surface area contributed by atoms with Gasteiger partial charge in [-0.25, -0.2) is 9.18 Å². The van der Waals surface area contributed by atoms with Crippen LogP contribution in [0.5, 0.6) is 11.5 Å². The molecule has 6 heteroatoms. The third-order valence-corrected chi connectivity index (χ3v) is 5.72. The summed E-state index contributed by atoms with van der Waals surface area (Å²) in [6.07, 6.45) is 7.19. The maximum atomic E-state index is 14.7. The summed E-state index contributed by atoms with van der Waals surface area (Å²) in [4.78, 5) is 12.5. The smallest absolute Gasteiger partial charge is 0.343 e. The molecule has 1 aliphatic heterocycles. The van der Waals surface area contributed by atoms with Gasteiger partial charge in [0.25, 0.3) is 0 Å². The van der Waals surface area contributed by atoms with Crippen molar-refractivity contribution in [3.8, 4) is 11.5 Å². The van der Waals surface area contributed by atoms with E-state index in [1.807, 2.05) is 0 Å². The summed E-state index contributed by atoms with van der Waals surface area (Å²) in [5, 5.41) is 0. The van der Waals surface area contributed by atoms with Crippen molar-refractivity contribution in [3.63, 3.8) is 0 Å². The zero-order chi connectivity index (χ0) is 23.5. The van der Waals surface area contributed by atoms with Crippen molar-refractivity contribution in [2.45, 2.75) is 65.1 Å². The summed E-state index contributed by atoms with van der Waals surface area (Å²) in [7, 11) is 0. The van der Waals surface area contributed by atoms with Gasteiger partial charge in [0.1, 0.15) is 17.3 Å². The summed E-state index contributed by atoms with van der Waals surface area (Å²) in [5.74, 6) is 0.262. The first-order chi connectivity index (χ1) is 16.1. The molecular formula is C27H35FO5. The third kappa shape index (κ3) is 7.83. The Hall–Kier alpha value is -2.44. The molecule has 1 fully saturated rings. The normalized spacial score (nSPS) is 18.2. The van der Waals surface area contributed by atoms with Crippen molar-refractivity contribution >= 4 is 5.97 Å². The highest BCUT2D eigenvalue weighted by atomic mass is 19.1. The van der Waals surface area contributed by atoms with Gasteiger partial charge >= 0.3 is 5.97 Å². The molecule has 0 amide bonds. The first-order valence-corrected chi connectivity index (χ1v) is 12.1. The van der Waals surface area contributed by atoms with Crippen molar-refractivity contribution in [2.24, 2.45) is 5.92 Å². The van der Waals surface area contributed by atoms with Gasteiger partial charge < -0.3 is 18.9 Å². The van der Waals surface area contributed by atoms with E-state index < -0.39 is 18.1 Å². The Balaban J connectivity index is 1.50. The summed E-state index contributed by atoms with van der Waals surface area (Å²) in [6.45, 7) is 6.05. The second kappa shape index (κ2) is 13.3. The van der Waals surface area contributed by atoms with Crippen molar-refractivity contribution in [1.29, 1.82) is 0 Å². The molecule has 1 saturated heterocycles. The summed E-state index contributed by atoms with van der Waals surface area (Å²) in [5.41, 5.74) is 0.425. The number of hydrogen-bond donors (Lipinski definition) is 0. The lowest BCUT2D eigenvalue weighted by atomic mass is 10.0. The zero-order valence-electron chi connectivity index (χ0n) is 19.7. The number of halogens is 1. The van der Waals surface area contributed by atoms with Gasteiger partial charge in [-0.1, -0.05) is 52.0 Å². The molecule has 2 aromatic rings. The molecule has 0 unspecified atom stereocenters. The summed E-state index contributed by atoms with van der Waals surface area (Å²) >= 11 is 0. The van der Waals surface area contributed by atoms with Gasteiger partial charge in [0.05, 0.1) is 25.4 Å². The average molecular weight is 459 g/mol. The average Bonchev–Trinajstić information content (AvgIpc) is 2.83. The molecule has 0 atom stereocenters. The van der Waals surface area contributed by atoms with Crippen LogP contribution < -0.4 is 9.47 Å². The van der Waals surface area contributed by atoms with E-state index >= 15 is 0 Å². The van der Waals surface area contributed by atoms with E-state index in [2.05, 4.69) is 13.8 Å². The van der Waals surface area contributed by atoms with Crippen LogP contribution in [-0.4, -0.2) is 25.8 Å². The zero-order valence-corrected chi connectivity index (χ0v) is 19.7. The number of carbonyl (C=O) groups is 1. The SMILES string of the molecule is CCCCCCC1COC(c2ccc(C(=O)Oc3ccc(OCCCC)cc3)cc2F)OC1. The summed E-state index contributed by atoms with van der Waals surface area (Å²) in [6, 6.07) is 11.0. The minimum absolute atomic E-state index is 0.129. The molecule has 0 spiro atoms. The Morgan fingerprint density at radius 2 is 1.64 bits per heavy atom. The lowest BCUT2D eigenvalue weighted by Crippen LogP contribution is -2.27. The van der Waals surface area contributed by atoms with E-state index in [0.717, 1.165) is 25.7 Å². The molecule has 3 rings (SSSR count). The van der Waals surface area contributed by atoms with Crippen LogP contribution in [0.4, 0.5) is 4.39 Å². The van der Waals surface area contributed by atoms with Gasteiger partial charge in [0, 0.05) is 11.5 Å². The molecule has 0 radical (unpaired) electrons. The van der Waals surface area contributed by atoms with E-state index in [-0.39, 0.29) is 5.56 Å². The largest absolute Gasteiger partial charge is 0.494 e. The molecule has 2 aromatic carbocycles. The van der Waals surface area contributed by atoms with E-state index in [9.17, 15) is 9.18 Å². The highest BCUT2D eigenvalue weighted by molar-refractivity contribution is 5.91. The number of benzene rings is 2. The topological polar surface area (TPSA) is 54.0 Å². The van der Waals surface area contributed by atoms with Gasteiger partial charge in [-0.3, -0.25) is 0 Å². The Morgan fingerprint density at radius 3 is 2.30 bits per heavy atom. The molecule has 0 bridgehead atoms. The predicted octanol–water partition coefficient (Wildman–Crippen LogP) is 6.86. The maximum Gasteiger partial charge on any atom is 0.343 e. The van der Waals surface area contributed by atoms with Crippen molar-refractivity contribution < 1.29 is 28.1 Å². The fourth-order valence-electron chi connectivity index (χ4n) is 3.70. The lowest BCUT2D eigenvalue weighted by Gasteiger charge is -2.30.